The Morgan fingerprint density at radius 2 is 1.22 bits per heavy atom. The molecule has 0 unspecified atom stereocenters. The molecule has 3 heterocycles. The number of rotatable bonds is 12. The van der Waals surface area contributed by atoms with Crippen LogP contribution in [0.2, 0.25) is 0 Å². The molecule has 2 aromatic rings. The Balaban J connectivity index is 1.43. The van der Waals surface area contributed by atoms with Crippen molar-refractivity contribution >= 4 is 12.0 Å². The van der Waals surface area contributed by atoms with Crippen LogP contribution in [0.5, 0.6) is 23.0 Å². The summed E-state index contributed by atoms with van der Waals surface area (Å²) in [5, 5.41) is 113. The zero-order valence-electron chi connectivity index (χ0n) is 29.1. The second kappa shape index (κ2) is 17.9. The van der Waals surface area contributed by atoms with E-state index in [0.717, 1.165) is 6.08 Å². The van der Waals surface area contributed by atoms with E-state index in [2.05, 4.69) is 0 Å². The molecule has 0 spiro atoms. The minimum absolute atomic E-state index is 0.134. The van der Waals surface area contributed by atoms with Gasteiger partial charge < -0.3 is 89.3 Å². The zero-order valence-corrected chi connectivity index (χ0v) is 29.1. The molecule has 0 aliphatic carbocycles. The molecule has 54 heavy (non-hydrogen) atoms. The number of aliphatic hydroxyl groups is 7. The van der Waals surface area contributed by atoms with Crippen molar-refractivity contribution in [3.8, 4) is 23.0 Å². The lowest BCUT2D eigenvalue weighted by Crippen LogP contribution is -2.65. The third-order valence-electron chi connectivity index (χ3n) is 9.32. The van der Waals surface area contributed by atoms with Crippen molar-refractivity contribution in [2.75, 3.05) is 13.2 Å². The number of aromatic hydroxyl groups is 4. The Hall–Kier alpha value is -3.67. The van der Waals surface area contributed by atoms with Gasteiger partial charge in [0.15, 0.2) is 48.0 Å². The van der Waals surface area contributed by atoms with E-state index in [1.807, 2.05) is 0 Å². The van der Waals surface area contributed by atoms with E-state index in [1.165, 1.54) is 56.3 Å². The first-order valence-electron chi connectivity index (χ1n) is 17.1. The first-order chi connectivity index (χ1) is 25.5. The maximum atomic E-state index is 13.3. The number of carbonyl (C=O) groups excluding carboxylic acids is 1. The monoisotopic (exact) mass is 770 g/mol. The summed E-state index contributed by atoms with van der Waals surface area (Å²) in [5.74, 6) is -2.62. The van der Waals surface area contributed by atoms with Crippen LogP contribution in [0.4, 0.5) is 0 Å². The minimum atomic E-state index is -1.86. The summed E-state index contributed by atoms with van der Waals surface area (Å²) in [6.07, 6.45) is -21.1. The first kappa shape index (κ1) is 41.5. The molecular formula is C35H46O19. The second-order valence-corrected chi connectivity index (χ2v) is 13.3. The lowest BCUT2D eigenvalue weighted by Gasteiger charge is -2.47. The number of benzene rings is 2. The Morgan fingerprint density at radius 3 is 1.85 bits per heavy atom. The first-order valence-corrected chi connectivity index (χ1v) is 17.1. The highest BCUT2D eigenvalue weighted by Crippen LogP contribution is 2.33. The predicted molar refractivity (Wildman–Crippen MR) is 178 cm³/mol. The van der Waals surface area contributed by atoms with E-state index in [-0.39, 0.29) is 30.1 Å². The molecule has 19 heteroatoms. The number of aliphatic hydroxyl groups excluding tert-OH is 7. The van der Waals surface area contributed by atoms with Crippen molar-refractivity contribution in [2.45, 2.75) is 112 Å². The van der Waals surface area contributed by atoms with Gasteiger partial charge in [-0.2, -0.15) is 0 Å². The van der Waals surface area contributed by atoms with Crippen LogP contribution in [-0.2, 0) is 44.4 Å². The molecule has 0 saturated carbocycles. The van der Waals surface area contributed by atoms with Crippen molar-refractivity contribution in [3.63, 3.8) is 0 Å². The Morgan fingerprint density at radius 1 is 0.648 bits per heavy atom. The van der Waals surface area contributed by atoms with Crippen LogP contribution in [0.15, 0.2) is 42.5 Å². The van der Waals surface area contributed by atoms with Crippen LogP contribution in [-0.4, -0.2) is 167 Å². The number of hydrogen-bond acceptors (Lipinski definition) is 19. The number of esters is 1. The Bertz CT molecular complexity index is 1590. The summed E-state index contributed by atoms with van der Waals surface area (Å²) in [7, 11) is 0. The van der Waals surface area contributed by atoms with Crippen molar-refractivity contribution in [3.05, 3.63) is 53.6 Å². The van der Waals surface area contributed by atoms with Gasteiger partial charge in [-0.25, -0.2) is 4.79 Å². The van der Waals surface area contributed by atoms with E-state index in [9.17, 15) is 61.0 Å². The molecule has 3 aliphatic rings. The fourth-order valence-electron chi connectivity index (χ4n) is 6.08. The highest BCUT2D eigenvalue weighted by atomic mass is 16.8. The molecular weight excluding hydrogens is 724 g/mol. The van der Waals surface area contributed by atoms with Crippen LogP contribution in [0.3, 0.4) is 0 Å². The average molecular weight is 771 g/mol. The summed E-state index contributed by atoms with van der Waals surface area (Å²) in [6.45, 7) is 2.06. The van der Waals surface area contributed by atoms with Crippen LogP contribution >= 0.6 is 0 Å². The number of ether oxygens (including phenoxy) is 7. The summed E-state index contributed by atoms with van der Waals surface area (Å²) in [6, 6.07) is 7.83. The molecule has 3 aliphatic heterocycles. The maximum absolute atomic E-state index is 13.3. The predicted octanol–water partition coefficient (Wildman–Crippen LogP) is -2.16. The molecule has 11 N–H and O–H groups in total. The third-order valence-corrected chi connectivity index (χ3v) is 9.32. The largest absolute Gasteiger partial charge is 0.504 e. The van der Waals surface area contributed by atoms with Gasteiger partial charge in [-0.1, -0.05) is 12.1 Å². The quantitative estimate of drug-likeness (QED) is 0.0622. The lowest BCUT2D eigenvalue weighted by molar-refractivity contribution is -0.363. The van der Waals surface area contributed by atoms with Gasteiger partial charge in [-0.3, -0.25) is 0 Å². The fraction of sp³-hybridized carbons (Fsp3) is 0.571. The molecule has 15 atom stereocenters. The van der Waals surface area contributed by atoms with Gasteiger partial charge in [-0.15, -0.1) is 0 Å². The Labute approximate surface area is 308 Å². The van der Waals surface area contributed by atoms with E-state index in [4.69, 9.17) is 33.2 Å². The summed E-state index contributed by atoms with van der Waals surface area (Å²) in [5.41, 5.74) is 0.811. The standard InChI is InChI=1S/C35H46O19/c1-14-24(41)26(43)28(45)33(50-14)49-13-22-31(53-23(40)8-5-16-3-6-18(36)20(38)11-16)32(54-35-29(46)27(44)25(42)15(2)51-35)30(47)34(52-22)48-10-9-17-4-7-19(37)21(39)12-17/h3-8,11-12,14-15,22,24-39,41-47H,9-10,13H2,1-2H3/t14-,15+,22+,24-,25+,26+,27-,28+,29-,30+,31+,32+,33+,34+,35+/m0/s1. The molecule has 2 aromatic carbocycles. The SMILES string of the molecule is C[C@@H]1O[C@@H](OC[C@H]2O[C@@H](OCCc3ccc(O)c(O)c3)[C@H](O)[C@@H](O[C@H]3O[C@H](C)[C@@H](O)[C@H](O)[C@@H]3O)[C@@H]2OC(=O)C=Cc2ccc(O)c(O)c2)[C@H](O)[C@H](O)[C@H]1O. The van der Waals surface area contributed by atoms with Crippen LogP contribution < -0.4 is 0 Å². The van der Waals surface area contributed by atoms with Crippen molar-refractivity contribution in [1.29, 1.82) is 0 Å². The minimum Gasteiger partial charge on any atom is -0.504 e. The van der Waals surface area contributed by atoms with Gasteiger partial charge in [0.1, 0.15) is 54.9 Å². The second-order valence-electron chi connectivity index (χ2n) is 13.3. The molecule has 3 fully saturated rings. The van der Waals surface area contributed by atoms with E-state index >= 15 is 0 Å². The number of phenols is 4. The molecule has 0 bridgehead atoms. The molecule has 0 amide bonds. The van der Waals surface area contributed by atoms with Gasteiger partial charge in [-0.05, 0) is 61.7 Å². The van der Waals surface area contributed by atoms with Crippen molar-refractivity contribution < 1.29 is 94.1 Å². The van der Waals surface area contributed by atoms with Crippen LogP contribution in [0, 0.1) is 0 Å². The third kappa shape index (κ3) is 9.58. The van der Waals surface area contributed by atoms with Gasteiger partial charge in [0.2, 0.25) is 0 Å². The van der Waals surface area contributed by atoms with Crippen LogP contribution in [0.25, 0.3) is 6.08 Å². The molecule has 300 valence electrons. The average Bonchev–Trinajstić information content (AvgIpc) is 3.14. The fourth-order valence-corrected chi connectivity index (χ4v) is 6.08. The molecule has 5 rings (SSSR count). The normalized spacial score (nSPS) is 37.3. The summed E-state index contributed by atoms with van der Waals surface area (Å²) < 4.78 is 40.4. The topological polar surface area (TPSA) is 304 Å². The van der Waals surface area contributed by atoms with Gasteiger partial charge >= 0.3 is 5.97 Å². The molecule has 19 nitrogen and oxygen atoms in total. The van der Waals surface area contributed by atoms with Gasteiger partial charge in [0.05, 0.1) is 25.4 Å². The highest BCUT2D eigenvalue weighted by Gasteiger charge is 2.53. The summed E-state index contributed by atoms with van der Waals surface area (Å²) in [4.78, 5) is 13.3. The zero-order chi connectivity index (χ0) is 39.4. The highest BCUT2D eigenvalue weighted by molar-refractivity contribution is 5.87. The number of phenolic OH excluding ortho intramolecular Hbond substituents is 4. The maximum Gasteiger partial charge on any atom is 0.331 e. The van der Waals surface area contributed by atoms with Crippen LogP contribution in [0.1, 0.15) is 25.0 Å². The number of carbonyl (C=O) groups is 1. The molecule has 0 aromatic heterocycles. The smallest absolute Gasteiger partial charge is 0.331 e. The summed E-state index contributed by atoms with van der Waals surface area (Å²) >= 11 is 0. The van der Waals surface area contributed by atoms with E-state index < -0.39 is 116 Å². The molecule has 3 saturated heterocycles. The van der Waals surface area contributed by atoms with Gasteiger partial charge in [0, 0.05) is 6.08 Å². The lowest BCUT2D eigenvalue weighted by atomic mass is 9.96. The van der Waals surface area contributed by atoms with Crippen molar-refractivity contribution in [2.24, 2.45) is 0 Å². The van der Waals surface area contributed by atoms with Crippen molar-refractivity contribution in [1.82, 2.24) is 0 Å². The van der Waals surface area contributed by atoms with E-state index in [0.29, 0.717) is 5.56 Å². The van der Waals surface area contributed by atoms with E-state index in [1.54, 1.807) is 0 Å². The Kier molecular flexibility index (Phi) is 13.7. The number of hydrogen-bond donors (Lipinski definition) is 11. The molecule has 0 radical (unpaired) electrons. The van der Waals surface area contributed by atoms with Gasteiger partial charge in [0.25, 0.3) is 0 Å².